The van der Waals surface area contributed by atoms with E-state index in [2.05, 4.69) is 24.7 Å². The number of thioether (sulfide) groups is 1. The zero-order chi connectivity index (χ0) is 20.9. The average molecular weight is 454 g/mol. The molecule has 2 atom stereocenters. The SMILES string of the molecule is CSC(=NC1CCCC(c2csc(N=C(N)N)n2)C1)NS(=O)(=O)c1cccnc1. The van der Waals surface area contributed by atoms with Crippen molar-refractivity contribution < 1.29 is 8.42 Å². The van der Waals surface area contributed by atoms with Crippen LogP contribution < -0.4 is 16.2 Å². The summed E-state index contributed by atoms with van der Waals surface area (Å²) in [5.41, 5.74) is 11.8. The molecule has 2 aromatic heterocycles. The van der Waals surface area contributed by atoms with Crippen molar-refractivity contribution in [3.63, 3.8) is 0 Å². The lowest BCUT2D eigenvalue weighted by Crippen LogP contribution is -2.30. The first-order valence-electron chi connectivity index (χ1n) is 8.97. The van der Waals surface area contributed by atoms with E-state index in [1.807, 2.05) is 5.38 Å². The molecule has 156 valence electrons. The van der Waals surface area contributed by atoms with Crippen molar-refractivity contribution in [2.75, 3.05) is 6.26 Å². The predicted molar refractivity (Wildman–Crippen MR) is 118 cm³/mol. The van der Waals surface area contributed by atoms with Crippen LogP contribution in [0.1, 0.15) is 37.3 Å². The summed E-state index contributed by atoms with van der Waals surface area (Å²) in [6, 6.07) is 3.10. The normalized spacial score (nSPS) is 20.2. The molecule has 0 aromatic carbocycles. The van der Waals surface area contributed by atoms with Crippen LogP contribution in [0.2, 0.25) is 0 Å². The molecular weight excluding hydrogens is 430 g/mol. The van der Waals surface area contributed by atoms with Crippen LogP contribution in [0.5, 0.6) is 0 Å². The van der Waals surface area contributed by atoms with Crippen LogP contribution in [-0.4, -0.2) is 41.8 Å². The van der Waals surface area contributed by atoms with Crippen LogP contribution in [0.25, 0.3) is 0 Å². The van der Waals surface area contributed by atoms with Gasteiger partial charge in [0, 0.05) is 23.7 Å². The number of nitrogens with two attached hydrogens (primary N) is 2. The van der Waals surface area contributed by atoms with Crippen molar-refractivity contribution in [1.29, 1.82) is 0 Å². The van der Waals surface area contributed by atoms with E-state index in [-0.39, 0.29) is 22.8 Å². The Kier molecular flexibility index (Phi) is 7.09. The number of nitrogens with one attached hydrogen (secondary N) is 1. The third-order valence-corrected chi connectivity index (χ3v) is 7.26. The van der Waals surface area contributed by atoms with E-state index in [1.54, 1.807) is 12.3 Å². The maximum absolute atomic E-state index is 12.5. The highest BCUT2D eigenvalue weighted by Crippen LogP contribution is 2.36. The Bertz CT molecular complexity index is 985. The molecule has 0 amide bonds. The van der Waals surface area contributed by atoms with Gasteiger partial charge >= 0.3 is 0 Å². The predicted octanol–water partition coefficient (Wildman–Crippen LogP) is 2.17. The molecule has 1 saturated carbocycles. The lowest BCUT2D eigenvalue weighted by Gasteiger charge is -2.26. The summed E-state index contributed by atoms with van der Waals surface area (Å²) in [5, 5.41) is 2.89. The molecule has 1 aliphatic rings. The lowest BCUT2D eigenvalue weighted by atomic mass is 9.84. The van der Waals surface area contributed by atoms with E-state index >= 15 is 0 Å². The number of nitrogens with zero attached hydrogens (tertiary/aromatic N) is 4. The molecule has 1 fully saturated rings. The van der Waals surface area contributed by atoms with Crippen molar-refractivity contribution in [1.82, 2.24) is 14.7 Å². The van der Waals surface area contributed by atoms with E-state index in [0.29, 0.717) is 10.3 Å². The van der Waals surface area contributed by atoms with Crippen LogP contribution in [0.3, 0.4) is 0 Å². The standard InChI is InChI=1S/C17H23N7O2S3/c1-27-17(24-29(25,26)13-6-3-7-20-9-13)21-12-5-2-4-11(8-12)14-10-28-16(22-14)23-15(18)19/h3,6-7,9-12H,2,4-5,8H2,1H3,(H,21,24)(H4,18,19,22,23). The average Bonchev–Trinajstić information content (AvgIpc) is 3.16. The Morgan fingerprint density at radius 2 is 2.21 bits per heavy atom. The highest BCUT2D eigenvalue weighted by atomic mass is 32.2. The molecule has 12 heteroatoms. The minimum atomic E-state index is -3.71. The molecule has 0 saturated heterocycles. The van der Waals surface area contributed by atoms with Gasteiger partial charge in [-0.15, -0.1) is 11.3 Å². The number of amidine groups is 1. The third-order valence-electron chi connectivity index (χ3n) is 4.46. The van der Waals surface area contributed by atoms with Crippen LogP contribution >= 0.6 is 23.1 Å². The fraction of sp³-hybridized carbons (Fsp3) is 0.412. The van der Waals surface area contributed by atoms with Crippen LogP contribution in [0.15, 0.2) is 44.8 Å². The number of aliphatic imine (C=N–C) groups is 2. The van der Waals surface area contributed by atoms with Crippen molar-refractivity contribution >= 4 is 49.4 Å². The van der Waals surface area contributed by atoms with Crippen molar-refractivity contribution in [3.05, 3.63) is 35.6 Å². The summed E-state index contributed by atoms with van der Waals surface area (Å²) >= 11 is 2.67. The second-order valence-corrected chi connectivity index (χ2v) is 9.86. The Morgan fingerprint density at radius 3 is 2.90 bits per heavy atom. The zero-order valence-electron chi connectivity index (χ0n) is 15.9. The fourth-order valence-electron chi connectivity index (χ4n) is 3.14. The first-order chi connectivity index (χ1) is 13.9. The fourth-order valence-corrected chi connectivity index (χ4v) is 5.70. The lowest BCUT2D eigenvalue weighted by molar-refractivity contribution is 0.391. The number of pyridine rings is 1. The number of hydrogen-bond acceptors (Lipinski definition) is 8. The molecule has 5 N–H and O–H groups in total. The van der Waals surface area contributed by atoms with Crippen LogP contribution in [0.4, 0.5) is 5.13 Å². The third kappa shape index (κ3) is 5.90. The summed E-state index contributed by atoms with van der Waals surface area (Å²) in [6.45, 7) is 0. The monoisotopic (exact) mass is 453 g/mol. The van der Waals surface area contributed by atoms with Gasteiger partial charge in [-0.25, -0.2) is 13.4 Å². The summed E-state index contributed by atoms with van der Waals surface area (Å²) in [6.07, 6.45) is 8.34. The first-order valence-corrected chi connectivity index (χ1v) is 12.6. The largest absolute Gasteiger partial charge is 0.370 e. The molecule has 0 bridgehead atoms. The summed E-state index contributed by atoms with van der Waals surface area (Å²) in [5.74, 6) is 0.234. The maximum atomic E-state index is 12.5. The Labute approximate surface area is 178 Å². The molecule has 29 heavy (non-hydrogen) atoms. The highest BCUT2D eigenvalue weighted by molar-refractivity contribution is 8.14. The van der Waals surface area contributed by atoms with Gasteiger partial charge in [-0.05, 0) is 37.7 Å². The summed E-state index contributed by atoms with van der Waals surface area (Å²) in [7, 11) is -3.71. The number of hydrogen-bond donors (Lipinski definition) is 3. The molecule has 0 spiro atoms. The molecule has 0 aliphatic heterocycles. The van der Waals surface area contributed by atoms with E-state index < -0.39 is 10.0 Å². The Hall–Kier alpha value is -2.18. The quantitative estimate of drug-likeness (QED) is 0.464. The van der Waals surface area contributed by atoms with Crippen LogP contribution in [0, 0.1) is 0 Å². The second kappa shape index (κ2) is 9.55. The van der Waals surface area contributed by atoms with Gasteiger partial charge < -0.3 is 11.5 Å². The number of rotatable bonds is 5. The van der Waals surface area contributed by atoms with Gasteiger partial charge in [-0.3, -0.25) is 14.7 Å². The van der Waals surface area contributed by atoms with E-state index in [0.717, 1.165) is 31.4 Å². The molecule has 2 unspecified atom stereocenters. The molecule has 2 aromatic rings. The Morgan fingerprint density at radius 1 is 1.38 bits per heavy atom. The van der Waals surface area contributed by atoms with Crippen molar-refractivity contribution in [2.24, 2.45) is 21.5 Å². The van der Waals surface area contributed by atoms with Gasteiger partial charge in [0.1, 0.15) is 4.90 Å². The zero-order valence-corrected chi connectivity index (χ0v) is 18.3. The maximum Gasteiger partial charge on any atom is 0.264 e. The first kappa shape index (κ1) is 21.5. The minimum absolute atomic E-state index is 0.0115. The van der Waals surface area contributed by atoms with Gasteiger partial charge in [0.15, 0.2) is 11.1 Å². The molecule has 1 aliphatic carbocycles. The van der Waals surface area contributed by atoms with Gasteiger partial charge in [0.25, 0.3) is 10.0 Å². The molecular formula is C17H23N7O2S3. The van der Waals surface area contributed by atoms with E-state index in [1.165, 1.54) is 41.6 Å². The molecule has 2 heterocycles. The smallest absolute Gasteiger partial charge is 0.264 e. The summed E-state index contributed by atoms with van der Waals surface area (Å²) < 4.78 is 27.6. The number of thiazole rings is 1. The summed E-state index contributed by atoms with van der Waals surface area (Å²) in [4.78, 5) is 17.1. The van der Waals surface area contributed by atoms with Crippen molar-refractivity contribution in [2.45, 2.75) is 42.5 Å². The van der Waals surface area contributed by atoms with Gasteiger partial charge in [0.05, 0.1) is 11.7 Å². The molecule has 3 rings (SSSR count). The topological polar surface area (TPSA) is 149 Å². The van der Waals surface area contributed by atoms with Gasteiger partial charge in [-0.1, -0.05) is 18.2 Å². The Balaban J connectivity index is 1.71. The number of aromatic nitrogens is 2. The minimum Gasteiger partial charge on any atom is -0.370 e. The number of guanidine groups is 1. The van der Waals surface area contributed by atoms with Gasteiger partial charge in [0.2, 0.25) is 5.13 Å². The second-order valence-electron chi connectivity index (χ2n) is 6.54. The van der Waals surface area contributed by atoms with E-state index in [9.17, 15) is 8.42 Å². The van der Waals surface area contributed by atoms with Crippen molar-refractivity contribution in [3.8, 4) is 0 Å². The molecule has 0 radical (unpaired) electrons. The van der Waals surface area contributed by atoms with E-state index in [4.69, 9.17) is 11.5 Å². The highest BCUT2D eigenvalue weighted by Gasteiger charge is 2.26. The number of sulfonamides is 1. The van der Waals surface area contributed by atoms with Gasteiger partial charge in [-0.2, -0.15) is 4.99 Å². The van der Waals surface area contributed by atoms with Crippen LogP contribution in [-0.2, 0) is 10.0 Å². The molecule has 9 nitrogen and oxygen atoms in total.